The number of Topliss-reactive ketones (excluding diaryl/α,β-unsaturated/α-hetero) is 2. The number of carbonyl (C=O) groups is 2. The quantitative estimate of drug-likeness (QED) is 0.602. The van der Waals surface area contributed by atoms with Crippen LogP contribution in [0.25, 0.3) is 0 Å². The van der Waals surface area contributed by atoms with Gasteiger partial charge in [-0.3, -0.25) is 9.59 Å². The Hall–Kier alpha value is -0.920. The van der Waals surface area contributed by atoms with E-state index in [1.54, 1.807) is 0 Å². The van der Waals surface area contributed by atoms with Crippen LogP contribution in [0.4, 0.5) is 0 Å². The van der Waals surface area contributed by atoms with Crippen molar-refractivity contribution in [3.8, 4) is 0 Å². The number of allylic oxidation sites excluding steroid dienone is 2. The van der Waals surface area contributed by atoms with Gasteiger partial charge in [-0.15, -0.1) is 0 Å². The lowest BCUT2D eigenvalue weighted by molar-refractivity contribution is -0.138. The number of ketones is 2. The number of carbonyl (C=O) groups excluding carboxylic acids is 2. The van der Waals surface area contributed by atoms with Crippen LogP contribution >= 0.6 is 0 Å². The van der Waals surface area contributed by atoms with E-state index in [1.807, 2.05) is 13.8 Å². The molecule has 3 rings (SSSR count). The molecule has 3 aliphatic rings. The molecule has 0 aromatic rings. The maximum atomic E-state index is 12.5. The van der Waals surface area contributed by atoms with Crippen LogP contribution in [0.15, 0.2) is 11.1 Å². The first-order valence-corrected chi connectivity index (χ1v) is 6.63. The van der Waals surface area contributed by atoms with E-state index in [2.05, 4.69) is 13.8 Å². The number of hydrogen-bond acceptors (Lipinski definition) is 2. The van der Waals surface area contributed by atoms with Crippen molar-refractivity contribution in [2.75, 3.05) is 0 Å². The molecule has 2 saturated carbocycles. The van der Waals surface area contributed by atoms with Crippen molar-refractivity contribution in [2.45, 2.75) is 47.0 Å². The molecule has 92 valence electrons. The highest BCUT2D eigenvalue weighted by molar-refractivity contribution is 6.19. The van der Waals surface area contributed by atoms with Crippen molar-refractivity contribution in [3.63, 3.8) is 0 Å². The third kappa shape index (κ3) is 0.882. The van der Waals surface area contributed by atoms with Crippen LogP contribution in [0.2, 0.25) is 0 Å². The van der Waals surface area contributed by atoms with Gasteiger partial charge in [0.1, 0.15) is 5.78 Å². The van der Waals surface area contributed by atoms with Crippen molar-refractivity contribution in [1.82, 2.24) is 0 Å². The molecule has 0 aromatic carbocycles. The van der Waals surface area contributed by atoms with Crippen LogP contribution in [0.3, 0.4) is 0 Å². The third-order valence-corrected chi connectivity index (χ3v) is 6.20. The summed E-state index contributed by atoms with van der Waals surface area (Å²) in [6.07, 6.45) is 2.80. The zero-order chi connectivity index (χ0) is 12.6. The van der Waals surface area contributed by atoms with Crippen LogP contribution in [0.1, 0.15) is 47.0 Å². The average Bonchev–Trinajstić information content (AvgIpc) is 2.79. The van der Waals surface area contributed by atoms with E-state index in [4.69, 9.17) is 0 Å². The lowest BCUT2D eigenvalue weighted by atomic mass is 9.62. The molecule has 17 heavy (non-hydrogen) atoms. The van der Waals surface area contributed by atoms with Gasteiger partial charge < -0.3 is 0 Å². The Balaban J connectivity index is 2.28. The van der Waals surface area contributed by atoms with Gasteiger partial charge in [-0.2, -0.15) is 0 Å². The van der Waals surface area contributed by atoms with Gasteiger partial charge in [0.25, 0.3) is 0 Å². The summed E-state index contributed by atoms with van der Waals surface area (Å²) in [5.41, 5.74) is 1.23. The summed E-state index contributed by atoms with van der Waals surface area (Å²) in [5.74, 6) is 1.28. The molecule has 0 aliphatic heterocycles. The summed E-state index contributed by atoms with van der Waals surface area (Å²) in [6.45, 7) is 8.14. The van der Waals surface area contributed by atoms with Crippen molar-refractivity contribution < 1.29 is 9.59 Å². The van der Waals surface area contributed by atoms with Crippen LogP contribution in [-0.4, -0.2) is 11.6 Å². The van der Waals surface area contributed by atoms with Crippen LogP contribution < -0.4 is 0 Å². The largest absolute Gasteiger partial charge is 0.299 e. The van der Waals surface area contributed by atoms with E-state index in [0.29, 0.717) is 18.3 Å². The van der Waals surface area contributed by atoms with E-state index in [-0.39, 0.29) is 17.0 Å². The van der Waals surface area contributed by atoms with Gasteiger partial charge in [-0.1, -0.05) is 12.5 Å². The highest BCUT2D eigenvalue weighted by atomic mass is 16.2. The molecule has 4 atom stereocenters. The second-order valence-electron chi connectivity index (χ2n) is 6.43. The first kappa shape index (κ1) is 11.2. The van der Waals surface area contributed by atoms with Crippen molar-refractivity contribution in [2.24, 2.45) is 22.7 Å². The second-order valence-corrected chi connectivity index (χ2v) is 6.43. The van der Waals surface area contributed by atoms with Crippen molar-refractivity contribution in [1.29, 1.82) is 0 Å². The van der Waals surface area contributed by atoms with Gasteiger partial charge >= 0.3 is 0 Å². The maximum Gasteiger partial charge on any atom is 0.172 e. The van der Waals surface area contributed by atoms with Crippen LogP contribution in [-0.2, 0) is 9.59 Å². The van der Waals surface area contributed by atoms with Gasteiger partial charge in [-0.25, -0.2) is 0 Å². The smallest absolute Gasteiger partial charge is 0.172 e. The summed E-state index contributed by atoms with van der Waals surface area (Å²) in [5, 5.41) is 0. The van der Waals surface area contributed by atoms with E-state index in [9.17, 15) is 9.59 Å². The number of rotatable bonds is 0. The highest BCUT2D eigenvalue weighted by Gasteiger charge is 2.72. The molecular formula is C15H20O2. The fourth-order valence-electron chi connectivity index (χ4n) is 5.03. The Labute approximate surface area is 102 Å². The topological polar surface area (TPSA) is 34.1 Å². The molecule has 2 fully saturated rings. The Morgan fingerprint density at radius 2 is 1.88 bits per heavy atom. The molecule has 2 heteroatoms. The lowest BCUT2D eigenvalue weighted by Crippen LogP contribution is -2.42. The zero-order valence-corrected chi connectivity index (χ0v) is 11.1. The molecule has 0 saturated heterocycles. The van der Waals surface area contributed by atoms with Gasteiger partial charge in [0.05, 0.1) is 5.41 Å². The summed E-state index contributed by atoms with van der Waals surface area (Å²) >= 11 is 0. The Morgan fingerprint density at radius 1 is 1.24 bits per heavy atom. The van der Waals surface area contributed by atoms with E-state index in [1.165, 1.54) is 5.57 Å². The van der Waals surface area contributed by atoms with Crippen molar-refractivity contribution in [3.05, 3.63) is 11.1 Å². The normalized spacial score (nSPS) is 48.9. The predicted molar refractivity (Wildman–Crippen MR) is 65.4 cm³/mol. The minimum Gasteiger partial charge on any atom is -0.299 e. The Bertz CT molecular complexity index is 473. The van der Waals surface area contributed by atoms with E-state index in [0.717, 1.165) is 18.4 Å². The van der Waals surface area contributed by atoms with Gasteiger partial charge in [0.2, 0.25) is 0 Å². The van der Waals surface area contributed by atoms with Gasteiger partial charge in [-0.05, 0) is 51.0 Å². The molecule has 0 bridgehead atoms. The fourth-order valence-corrected chi connectivity index (χ4v) is 5.03. The standard InChI is InChI=1S/C15H20O2/c1-8-5-6-15-10(3)9(2)13(17)14(15,4)12(16)7-11(8)15/h8,11H,5-7H2,1-4H3/t8-,11+,14+,15+/m1/s1. The minimum absolute atomic E-state index is 0.108. The molecule has 0 aromatic heterocycles. The fraction of sp³-hybridized carbons (Fsp3) is 0.733. The first-order valence-electron chi connectivity index (χ1n) is 6.63. The summed E-state index contributed by atoms with van der Waals surface area (Å²) in [6, 6.07) is 0. The molecule has 0 radical (unpaired) electrons. The molecule has 0 heterocycles. The Kier molecular flexibility index (Phi) is 1.91. The average molecular weight is 232 g/mol. The Morgan fingerprint density at radius 3 is 2.53 bits per heavy atom. The maximum absolute atomic E-state index is 12.5. The zero-order valence-electron chi connectivity index (χ0n) is 11.1. The van der Waals surface area contributed by atoms with Gasteiger partial charge in [0, 0.05) is 11.8 Å². The minimum atomic E-state index is -0.726. The van der Waals surface area contributed by atoms with Gasteiger partial charge in [0.15, 0.2) is 5.78 Å². The summed E-state index contributed by atoms with van der Waals surface area (Å²) < 4.78 is 0. The van der Waals surface area contributed by atoms with E-state index >= 15 is 0 Å². The summed E-state index contributed by atoms with van der Waals surface area (Å²) in [4.78, 5) is 24.9. The van der Waals surface area contributed by atoms with Crippen molar-refractivity contribution >= 4 is 11.6 Å². The molecule has 2 nitrogen and oxygen atoms in total. The molecule has 1 spiro atoms. The number of hydrogen-bond donors (Lipinski definition) is 0. The molecular weight excluding hydrogens is 212 g/mol. The third-order valence-electron chi connectivity index (χ3n) is 6.20. The lowest BCUT2D eigenvalue weighted by Gasteiger charge is -2.37. The highest BCUT2D eigenvalue weighted by Crippen LogP contribution is 2.71. The van der Waals surface area contributed by atoms with Crippen LogP contribution in [0.5, 0.6) is 0 Å². The summed E-state index contributed by atoms with van der Waals surface area (Å²) in [7, 11) is 0. The SMILES string of the molecule is CC1=C(C)[C@@]23CC[C@@H](C)[C@@H]2CC(=O)[C@@]3(C)C1=O. The predicted octanol–water partition coefficient (Wildman–Crippen LogP) is 2.92. The van der Waals surface area contributed by atoms with Crippen LogP contribution in [0, 0.1) is 22.7 Å². The second kappa shape index (κ2) is 2.90. The molecule has 0 unspecified atom stereocenters. The monoisotopic (exact) mass is 232 g/mol. The molecule has 3 aliphatic carbocycles. The molecule has 0 N–H and O–H groups in total. The van der Waals surface area contributed by atoms with E-state index < -0.39 is 5.41 Å². The first-order chi connectivity index (χ1) is 7.87. The molecule has 0 amide bonds.